The Morgan fingerprint density at radius 1 is 1.22 bits per heavy atom. The Kier molecular flexibility index (Phi) is 4.73. The first-order valence-electron chi connectivity index (χ1n) is 7.17. The minimum absolute atomic E-state index is 0.0340. The Labute approximate surface area is 147 Å². The fourth-order valence-corrected chi connectivity index (χ4v) is 3.59. The number of amidine groups is 1. The van der Waals surface area contributed by atoms with Crippen molar-refractivity contribution >= 4 is 50.5 Å². The van der Waals surface area contributed by atoms with Crippen molar-refractivity contribution < 1.29 is 9.21 Å². The molecule has 1 amide bonds. The van der Waals surface area contributed by atoms with Gasteiger partial charge in [0.1, 0.15) is 5.76 Å². The van der Waals surface area contributed by atoms with Gasteiger partial charge in [-0.15, -0.1) is 0 Å². The van der Waals surface area contributed by atoms with Gasteiger partial charge in [-0.3, -0.25) is 9.69 Å². The predicted molar refractivity (Wildman–Crippen MR) is 97.5 cm³/mol. The maximum Gasteiger partial charge on any atom is 0.267 e. The third-order valence-corrected chi connectivity index (χ3v) is 4.61. The molecule has 1 aliphatic rings. The van der Waals surface area contributed by atoms with Crippen LogP contribution in [0, 0.1) is 0 Å². The van der Waals surface area contributed by atoms with Crippen LogP contribution in [0.3, 0.4) is 0 Å². The number of thioether (sulfide) groups is 1. The van der Waals surface area contributed by atoms with Gasteiger partial charge in [-0.2, -0.15) is 0 Å². The highest BCUT2D eigenvalue weighted by molar-refractivity contribution is 9.10. The van der Waals surface area contributed by atoms with Gasteiger partial charge in [-0.25, -0.2) is 4.99 Å². The van der Waals surface area contributed by atoms with E-state index in [0.29, 0.717) is 20.5 Å². The average molecular weight is 391 g/mol. The normalized spacial score (nSPS) is 18.6. The van der Waals surface area contributed by atoms with Crippen LogP contribution in [0.5, 0.6) is 0 Å². The van der Waals surface area contributed by atoms with Crippen molar-refractivity contribution in [2.24, 2.45) is 4.99 Å². The lowest BCUT2D eigenvalue weighted by Crippen LogP contribution is -2.35. The van der Waals surface area contributed by atoms with Crippen LogP contribution in [0.25, 0.3) is 6.08 Å². The van der Waals surface area contributed by atoms with Crippen LogP contribution >= 0.6 is 27.7 Å². The summed E-state index contributed by atoms with van der Waals surface area (Å²) in [5.74, 6) is 0.588. The zero-order chi connectivity index (χ0) is 16.4. The second-order valence-electron chi connectivity index (χ2n) is 5.25. The summed E-state index contributed by atoms with van der Waals surface area (Å²) >= 11 is 4.63. The molecule has 23 heavy (non-hydrogen) atoms. The molecule has 2 aromatic rings. The fourth-order valence-electron chi connectivity index (χ4n) is 2.17. The molecule has 1 aromatic carbocycles. The molecule has 0 N–H and O–H groups in total. The minimum atomic E-state index is -0.0489. The van der Waals surface area contributed by atoms with Crippen molar-refractivity contribution in [3.8, 4) is 0 Å². The van der Waals surface area contributed by atoms with Crippen molar-refractivity contribution in [3.63, 3.8) is 0 Å². The van der Waals surface area contributed by atoms with E-state index in [9.17, 15) is 4.79 Å². The van der Waals surface area contributed by atoms with Gasteiger partial charge in [-0.1, -0.05) is 18.2 Å². The van der Waals surface area contributed by atoms with Gasteiger partial charge >= 0.3 is 0 Å². The lowest BCUT2D eigenvalue weighted by atomic mass is 10.3. The highest BCUT2D eigenvalue weighted by Crippen LogP contribution is 2.35. The first-order valence-corrected chi connectivity index (χ1v) is 8.78. The second kappa shape index (κ2) is 6.76. The van der Waals surface area contributed by atoms with E-state index >= 15 is 0 Å². The van der Waals surface area contributed by atoms with Gasteiger partial charge in [0.2, 0.25) is 0 Å². The predicted octanol–water partition coefficient (Wildman–Crippen LogP) is 5.05. The summed E-state index contributed by atoms with van der Waals surface area (Å²) in [5.41, 5.74) is 0.829. The molecule has 0 unspecified atom stereocenters. The molecule has 1 aromatic heterocycles. The van der Waals surface area contributed by atoms with E-state index in [1.54, 1.807) is 17.0 Å². The Morgan fingerprint density at radius 3 is 2.57 bits per heavy atom. The molecule has 0 aliphatic carbocycles. The summed E-state index contributed by atoms with van der Waals surface area (Å²) in [7, 11) is 0. The highest BCUT2D eigenvalue weighted by atomic mass is 79.9. The SMILES string of the molecule is CC(C)N1C(=O)/C(=C\c2ccc(Br)o2)SC1=Nc1ccccc1. The van der Waals surface area contributed by atoms with Crippen LogP contribution in [-0.4, -0.2) is 22.0 Å². The Morgan fingerprint density at radius 2 is 1.96 bits per heavy atom. The summed E-state index contributed by atoms with van der Waals surface area (Å²) in [4.78, 5) is 19.6. The van der Waals surface area contributed by atoms with E-state index in [2.05, 4.69) is 20.9 Å². The molecule has 4 nitrogen and oxygen atoms in total. The smallest absolute Gasteiger partial charge is 0.267 e. The monoisotopic (exact) mass is 390 g/mol. The summed E-state index contributed by atoms with van der Waals surface area (Å²) < 4.78 is 6.10. The third-order valence-electron chi connectivity index (χ3n) is 3.20. The minimum Gasteiger partial charge on any atom is -0.450 e. The maximum atomic E-state index is 12.7. The molecular weight excluding hydrogens is 376 g/mol. The summed E-state index contributed by atoms with van der Waals surface area (Å²) in [6.45, 7) is 3.96. The molecule has 1 fully saturated rings. The number of nitrogens with zero attached hydrogens (tertiary/aromatic N) is 2. The number of carbonyl (C=O) groups excluding carboxylic acids is 1. The van der Waals surface area contributed by atoms with Crippen molar-refractivity contribution in [3.05, 3.63) is 57.8 Å². The summed E-state index contributed by atoms with van der Waals surface area (Å²) in [6.07, 6.45) is 1.75. The molecule has 0 bridgehead atoms. The third kappa shape index (κ3) is 3.59. The number of amides is 1. The molecule has 0 atom stereocenters. The standard InChI is InChI=1S/C17H15BrN2O2S/c1-11(2)20-16(21)14(10-13-8-9-15(18)22-13)23-17(20)19-12-6-4-3-5-7-12/h3-11H,1-2H3/b14-10+,19-17?. The number of aliphatic imine (C=N–C) groups is 1. The van der Waals surface area contributed by atoms with Crippen LogP contribution in [0.4, 0.5) is 5.69 Å². The molecule has 0 radical (unpaired) electrons. The molecule has 3 rings (SSSR count). The summed E-state index contributed by atoms with van der Waals surface area (Å²) in [5, 5.41) is 0.688. The van der Waals surface area contributed by atoms with Gasteiger partial charge in [0.25, 0.3) is 5.91 Å². The zero-order valence-electron chi connectivity index (χ0n) is 12.7. The van der Waals surface area contributed by atoms with Crippen molar-refractivity contribution in [1.29, 1.82) is 0 Å². The van der Waals surface area contributed by atoms with Crippen molar-refractivity contribution in [1.82, 2.24) is 4.90 Å². The fraction of sp³-hybridized carbons (Fsp3) is 0.176. The molecule has 118 valence electrons. The largest absolute Gasteiger partial charge is 0.450 e. The molecule has 6 heteroatoms. The second-order valence-corrected chi connectivity index (χ2v) is 7.04. The van der Waals surface area contributed by atoms with Crippen LogP contribution < -0.4 is 0 Å². The number of hydrogen-bond acceptors (Lipinski definition) is 4. The first kappa shape index (κ1) is 16.1. The topological polar surface area (TPSA) is 45.8 Å². The lowest BCUT2D eigenvalue weighted by molar-refractivity contribution is -0.123. The molecule has 2 heterocycles. The van der Waals surface area contributed by atoms with E-state index in [4.69, 9.17) is 4.42 Å². The van der Waals surface area contributed by atoms with Crippen LogP contribution in [0.2, 0.25) is 0 Å². The number of halogens is 1. The van der Waals surface area contributed by atoms with E-state index in [0.717, 1.165) is 5.69 Å². The number of carbonyl (C=O) groups is 1. The number of furan rings is 1. The number of para-hydroxylation sites is 1. The van der Waals surface area contributed by atoms with Crippen molar-refractivity contribution in [2.75, 3.05) is 0 Å². The number of rotatable bonds is 3. The Hall–Kier alpha value is -1.79. The molecular formula is C17H15BrN2O2S. The van der Waals surface area contributed by atoms with E-state index in [1.165, 1.54) is 11.8 Å². The first-order chi connectivity index (χ1) is 11.0. The van der Waals surface area contributed by atoms with Gasteiger partial charge in [0.05, 0.1) is 10.6 Å². The molecule has 0 spiro atoms. The van der Waals surface area contributed by atoms with Crippen LogP contribution in [-0.2, 0) is 4.79 Å². The van der Waals surface area contributed by atoms with Gasteiger partial charge in [0.15, 0.2) is 9.84 Å². The molecule has 1 saturated heterocycles. The van der Waals surface area contributed by atoms with E-state index in [-0.39, 0.29) is 11.9 Å². The lowest BCUT2D eigenvalue weighted by Gasteiger charge is -2.19. The average Bonchev–Trinajstić information content (AvgIpc) is 3.05. The summed E-state index contributed by atoms with van der Waals surface area (Å²) in [6, 6.07) is 13.3. The number of hydrogen-bond donors (Lipinski definition) is 0. The van der Waals surface area contributed by atoms with Crippen LogP contribution in [0.1, 0.15) is 19.6 Å². The number of benzene rings is 1. The van der Waals surface area contributed by atoms with Gasteiger partial charge < -0.3 is 4.42 Å². The quantitative estimate of drug-likeness (QED) is 0.688. The Balaban J connectivity index is 1.96. The van der Waals surface area contributed by atoms with Crippen LogP contribution in [0.15, 0.2) is 61.4 Å². The van der Waals surface area contributed by atoms with E-state index in [1.807, 2.05) is 50.2 Å². The van der Waals surface area contributed by atoms with E-state index < -0.39 is 0 Å². The molecule has 0 saturated carbocycles. The molecule has 1 aliphatic heterocycles. The van der Waals surface area contributed by atoms with Gasteiger partial charge in [-0.05, 0) is 65.8 Å². The van der Waals surface area contributed by atoms with Crippen molar-refractivity contribution in [2.45, 2.75) is 19.9 Å². The highest BCUT2D eigenvalue weighted by Gasteiger charge is 2.35. The maximum absolute atomic E-state index is 12.7. The zero-order valence-corrected chi connectivity index (χ0v) is 15.1. The Bertz CT molecular complexity index is 781. The van der Waals surface area contributed by atoms with Gasteiger partial charge in [0, 0.05) is 12.1 Å².